The average molecular weight is 253 g/mol. The van der Waals surface area contributed by atoms with Crippen molar-refractivity contribution in [3.63, 3.8) is 0 Å². The van der Waals surface area contributed by atoms with Gasteiger partial charge in [-0.3, -0.25) is 0 Å². The quantitative estimate of drug-likeness (QED) is 0.805. The Bertz CT molecular complexity index is 255. The van der Waals surface area contributed by atoms with Crippen LogP contribution in [0.2, 0.25) is 0 Å². The van der Waals surface area contributed by atoms with Gasteiger partial charge in [-0.1, -0.05) is 39.5 Å². The van der Waals surface area contributed by atoms with Crippen molar-refractivity contribution in [2.24, 2.45) is 17.8 Å². The van der Waals surface area contributed by atoms with Crippen LogP contribution in [0.15, 0.2) is 0 Å². The van der Waals surface area contributed by atoms with E-state index < -0.39 is 0 Å². The van der Waals surface area contributed by atoms with E-state index in [9.17, 15) is 5.11 Å². The highest BCUT2D eigenvalue weighted by atomic mass is 16.3. The Morgan fingerprint density at radius 1 is 1.11 bits per heavy atom. The number of hydrogen-bond donors (Lipinski definition) is 2. The first kappa shape index (κ1) is 14.3. The molecule has 2 aliphatic rings. The van der Waals surface area contributed by atoms with E-state index in [0.717, 1.165) is 37.1 Å². The summed E-state index contributed by atoms with van der Waals surface area (Å²) in [5.41, 5.74) is 0.0400. The highest BCUT2D eigenvalue weighted by Crippen LogP contribution is 2.33. The number of rotatable bonds is 4. The smallest absolute Gasteiger partial charge is 0.0613 e. The van der Waals surface area contributed by atoms with Gasteiger partial charge in [0.2, 0.25) is 0 Å². The Hall–Kier alpha value is -0.0800. The first-order valence-electron chi connectivity index (χ1n) is 7.99. The Balaban J connectivity index is 1.82. The fraction of sp³-hybridized carbons (Fsp3) is 1.00. The standard InChI is InChI=1S/C16H31NO/c1-13-5-3-7-15(9-13)11-17-16(12-18)8-4-6-14(2)10-16/h13-15,17-18H,3-12H2,1-2H3. The summed E-state index contributed by atoms with van der Waals surface area (Å²) in [5.74, 6) is 2.51. The van der Waals surface area contributed by atoms with Gasteiger partial charge < -0.3 is 10.4 Å². The van der Waals surface area contributed by atoms with Gasteiger partial charge in [0.25, 0.3) is 0 Å². The van der Waals surface area contributed by atoms with Crippen molar-refractivity contribution in [3.05, 3.63) is 0 Å². The normalized spacial score (nSPS) is 41.8. The van der Waals surface area contributed by atoms with Crippen molar-refractivity contribution in [3.8, 4) is 0 Å². The van der Waals surface area contributed by atoms with Crippen molar-refractivity contribution in [2.75, 3.05) is 13.2 Å². The van der Waals surface area contributed by atoms with Crippen molar-refractivity contribution in [1.29, 1.82) is 0 Å². The Kier molecular flexibility index (Phi) is 5.08. The van der Waals surface area contributed by atoms with Crippen LogP contribution in [-0.4, -0.2) is 23.8 Å². The molecule has 0 amide bonds. The molecule has 4 unspecified atom stereocenters. The first-order valence-corrected chi connectivity index (χ1v) is 7.99. The Morgan fingerprint density at radius 2 is 1.89 bits per heavy atom. The summed E-state index contributed by atoms with van der Waals surface area (Å²) in [7, 11) is 0. The molecule has 0 aromatic carbocycles. The zero-order valence-electron chi connectivity index (χ0n) is 12.3. The third kappa shape index (κ3) is 3.71. The van der Waals surface area contributed by atoms with Gasteiger partial charge in [0.1, 0.15) is 0 Å². The molecule has 0 radical (unpaired) electrons. The van der Waals surface area contributed by atoms with E-state index in [1.807, 2.05) is 0 Å². The molecule has 2 N–H and O–H groups in total. The lowest BCUT2D eigenvalue weighted by molar-refractivity contribution is 0.0913. The number of hydrogen-bond acceptors (Lipinski definition) is 2. The van der Waals surface area contributed by atoms with Crippen LogP contribution in [0.3, 0.4) is 0 Å². The molecule has 2 nitrogen and oxygen atoms in total. The lowest BCUT2D eigenvalue weighted by Gasteiger charge is -2.41. The van der Waals surface area contributed by atoms with Crippen LogP contribution >= 0.6 is 0 Å². The fourth-order valence-electron chi connectivity index (χ4n) is 4.13. The average Bonchev–Trinajstić information content (AvgIpc) is 2.37. The summed E-state index contributed by atoms with van der Waals surface area (Å²) >= 11 is 0. The molecule has 2 rings (SSSR count). The van der Waals surface area contributed by atoms with Crippen LogP contribution < -0.4 is 5.32 Å². The number of aliphatic hydroxyl groups is 1. The zero-order valence-corrected chi connectivity index (χ0v) is 12.3. The monoisotopic (exact) mass is 253 g/mol. The van der Waals surface area contributed by atoms with Crippen LogP contribution in [0.25, 0.3) is 0 Å². The van der Waals surface area contributed by atoms with Crippen molar-refractivity contribution >= 4 is 0 Å². The highest BCUT2D eigenvalue weighted by molar-refractivity contribution is 4.93. The molecule has 2 saturated carbocycles. The van der Waals surface area contributed by atoms with E-state index in [1.54, 1.807) is 0 Å². The van der Waals surface area contributed by atoms with E-state index in [1.165, 1.54) is 38.5 Å². The molecule has 0 spiro atoms. The van der Waals surface area contributed by atoms with E-state index in [2.05, 4.69) is 19.2 Å². The lowest BCUT2D eigenvalue weighted by atomic mass is 9.76. The number of aliphatic hydroxyl groups excluding tert-OH is 1. The third-order valence-electron chi connectivity index (χ3n) is 5.20. The molecular weight excluding hydrogens is 222 g/mol. The van der Waals surface area contributed by atoms with Crippen LogP contribution in [0.5, 0.6) is 0 Å². The second kappa shape index (κ2) is 6.38. The largest absolute Gasteiger partial charge is 0.394 e. The van der Waals surface area contributed by atoms with Gasteiger partial charge in [-0.2, -0.15) is 0 Å². The summed E-state index contributed by atoms with van der Waals surface area (Å²) < 4.78 is 0. The maximum Gasteiger partial charge on any atom is 0.0613 e. The molecule has 0 aromatic rings. The predicted molar refractivity (Wildman–Crippen MR) is 76.6 cm³/mol. The molecule has 0 saturated heterocycles. The topological polar surface area (TPSA) is 32.3 Å². The molecule has 4 atom stereocenters. The van der Waals surface area contributed by atoms with Gasteiger partial charge in [-0.25, -0.2) is 0 Å². The van der Waals surface area contributed by atoms with Crippen molar-refractivity contribution in [1.82, 2.24) is 5.32 Å². The molecule has 2 fully saturated rings. The van der Waals surface area contributed by atoms with Gasteiger partial charge >= 0.3 is 0 Å². The van der Waals surface area contributed by atoms with Gasteiger partial charge in [0, 0.05) is 5.54 Å². The van der Waals surface area contributed by atoms with Crippen LogP contribution in [0.1, 0.15) is 65.2 Å². The van der Waals surface area contributed by atoms with Crippen LogP contribution in [0.4, 0.5) is 0 Å². The predicted octanol–water partition coefficient (Wildman–Crippen LogP) is 3.34. The van der Waals surface area contributed by atoms with E-state index in [-0.39, 0.29) is 5.54 Å². The molecule has 0 bridgehead atoms. The highest BCUT2D eigenvalue weighted by Gasteiger charge is 2.34. The minimum absolute atomic E-state index is 0.0400. The van der Waals surface area contributed by atoms with E-state index >= 15 is 0 Å². The Labute approximate surface area is 113 Å². The lowest BCUT2D eigenvalue weighted by Crippen LogP contribution is -2.53. The van der Waals surface area contributed by atoms with Crippen LogP contribution in [-0.2, 0) is 0 Å². The maximum atomic E-state index is 9.78. The van der Waals surface area contributed by atoms with Crippen molar-refractivity contribution in [2.45, 2.75) is 70.8 Å². The third-order valence-corrected chi connectivity index (χ3v) is 5.20. The molecular formula is C16H31NO. The second-order valence-corrected chi connectivity index (χ2v) is 7.16. The van der Waals surface area contributed by atoms with E-state index in [4.69, 9.17) is 0 Å². The van der Waals surface area contributed by atoms with Crippen molar-refractivity contribution < 1.29 is 5.11 Å². The molecule has 0 heterocycles. The van der Waals surface area contributed by atoms with E-state index in [0.29, 0.717) is 6.61 Å². The fourth-order valence-corrected chi connectivity index (χ4v) is 4.13. The molecule has 18 heavy (non-hydrogen) atoms. The minimum Gasteiger partial charge on any atom is -0.394 e. The van der Waals surface area contributed by atoms with Crippen LogP contribution in [0, 0.1) is 17.8 Å². The van der Waals surface area contributed by atoms with Gasteiger partial charge in [-0.15, -0.1) is 0 Å². The second-order valence-electron chi connectivity index (χ2n) is 7.16. The summed E-state index contributed by atoms with van der Waals surface area (Å²) in [6.45, 7) is 6.15. The SMILES string of the molecule is CC1CCCC(CNC2(CO)CCCC(C)C2)C1. The summed E-state index contributed by atoms with van der Waals surface area (Å²) in [6.07, 6.45) is 10.5. The Morgan fingerprint density at radius 3 is 2.56 bits per heavy atom. The summed E-state index contributed by atoms with van der Waals surface area (Å²) in [6, 6.07) is 0. The molecule has 2 heteroatoms. The summed E-state index contributed by atoms with van der Waals surface area (Å²) in [5, 5.41) is 13.5. The molecule has 106 valence electrons. The number of nitrogens with one attached hydrogen (secondary N) is 1. The molecule has 0 aliphatic heterocycles. The first-order chi connectivity index (χ1) is 8.63. The summed E-state index contributed by atoms with van der Waals surface area (Å²) in [4.78, 5) is 0. The minimum atomic E-state index is 0.0400. The molecule has 0 aromatic heterocycles. The van der Waals surface area contributed by atoms with Gasteiger partial charge in [0.05, 0.1) is 6.61 Å². The zero-order chi connectivity index (χ0) is 13.0. The molecule has 2 aliphatic carbocycles. The van der Waals surface area contributed by atoms with Gasteiger partial charge in [0.15, 0.2) is 0 Å². The maximum absolute atomic E-state index is 9.78. The van der Waals surface area contributed by atoms with Gasteiger partial charge in [-0.05, 0) is 50.0 Å².